The van der Waals surface area contributed by atoms with Gasteiger partial charge in [-0.15, -0.1) is 0 Å². The van der Waals surface area contributed by atoms with E-state index in [9.17, 15) is 0 Å². The van der Waals surface area contributed by atoms with Crippen molar-refractivity contribution in [2.75, 3.05) is 0 Å². The molecule has 0 amide bonds. The van der Waals surface area contributed by atoms with Crippen LogP contribution in [0.5, 0.6) is 0 Å². The van der Waals surface area contributed by atoms with Crippen molar-refractivity contribution in [2.24, 2.45) is 0 Å². The van der Waals surface area contributed by atoms with E-state index < -0.39 is 0 Å². The molecule has 0 heterocycles. The van der Waals surface area contributed by atoms with Gasteiger partial charge in [-0.1, -0.05) is 0 Å². The van der Waals surface area contributed by atoms with Gasteiger partial charge in [0.05, 0.1) is 0 Å². The first-order valence-electron chi connectivity index (χ1n) is 0. The van der Waals surface area contributed by atoms with Crippen LogP contribution in [0.2, 0.25) is 0 Å². The Morgan fingerprint density at radius 1 is 1.00 bits per heavy atom. The molecule has 0 aromatic heterocycles. The van der Waals surface area contributed by atoms with Crippen molar-refractivity contribution in [3.63, 3.8) is 0 Å². The van der Waals surface area contributed by atoms with Crippen LogP contribution in [-0.2, 0) is 36.5 Å². The summed E-state index contributed by atoms with van der Waals surface area (Å²) in [5.41, 5.74) is 0. The van der Waals surface area contributed by atoms with E-state index in [1.165, 1.54) is 0 Å². The van der Waals surface area contributed by atoms with Crippen LogP contribution in [0.4, 0.5) is 0 Å². The van der Waals surface area contributed by atoms with Crippen molar-refractivity contribution >= 4 is 70.0 Å². The predicted octanol–water partition coefficient (Wildman–Crippen LogP) is -1.23. The molecule has 0 bridgehead atoms. The van der Waals surface area contributed by atoms with Crippen LogP contribution in [0, 0.1) is 78.1 Å². The fourth-order valence-corrected chi connectivity index (χ4v) is 0. The molecule has 0 aromatic rings. The molecule has 41 valence electrons. The Hall–Kier alpha value is 6.07. The minimum atomic E-state index is 0. The maximum Gasteiger partial charge on any atom is 0 e. The van der Waals surface area contributed by atoms with Gasteiger partial charge in [-0.05, 0) is 0 Å². The molecule has 3 radical (unpaired) electrons. The van der Waals surface area contributed by atoms with Crippen molar-refractivity contribution in [1.82, 2.24) is 0 Å². The molecular formula is H6DyGdMg2MnSnZn. The monoisotopic (exact) mass is 615 g/mol. The normalized spacial score (nSPS) is 0. The Balaban J connectivity index is 0. The van der Waals surface area contributed by atoms with Gasteiger partial charge in [-0.3, -0.25) is 0 Å². The molecule has 7 heavy (non-hydrogen) atoms. The van der Waals surface area contributed by atoms with E-state index in [0.29, 0.717) is 0 Å². The first kappa shape index (κ1) is 51.7. The third kappa shape index (κ3) is 33.2. The Morgan fingerprint density at radius 3 is 1.00 bits per heavy atom. The molecule has 0 aliphatic carbocycles. The fraction of sp³-hybridized carbons (Fsp3) is 0. The molecular weight excluding hydrogens is 607 g/mol. The Bertz CT molecular complexity index is 28.1. The summed E-state index contributed by atoms with van der Waals surface area (Å²) in [4.78, 5) is 0. The summed E-state index contributed by atoms with van der Waals surface area (Å²) in [6.07, 6.45) is 0. The largest absolute Gasteiger partial charge is 0 e. The average molecular weight is 613 g/mol. The molecule has 0 saturated carbocycles. The summed E-state index contributed by atoms with van der Waals surface area (Å²) >= 11 is 0. The fourth-order valence-electron chi connectivity index (χ4n) is 0. The van der Waals surface area contributed by atoms with Crippen molar-refractivity contribution in [3.8, 4) is 0 Å². The molecule has 0 saturated heterocycles. The third-order valence-corrected chi connectivity index (χ3v) is 0. The van der Waals surface area contributed by atoms with Crippen LogP contribution >= 0.6 is 0 Å². The Morgan fingerprint density at radius 2 is 1.00 bits per heavy atom. The summed E-state index contributed by atoms with van der Waals surface area (Å²) in [6.45, 7) is 0. The van der Waals surface area contributed by atoms with E-state index >= 15 is 0 Å². The van der Waals surface area contributed by atoms with Crippen LogP contribution < -0.4 is 0 Å². The van der Waals surface area contributed by atoms with Crippen molar-refractivity contribution in [3.05, 3.63) is 0 Å². The second kappa shape index (κ2) is 40.1. The van der Waals surface area contributed by atoms with Gasteiger partial charge in [0.25, 0.3) is 0 Å². The molecule has 0 nitrogen and oxygen atoms in total. The smallest absolute Gasteiger partial charge is 0 e. The molecule has 0 spiro atoms. The van der Waals surface area contributed by atoms with Gasteiger partial charge in [-0.25, -0.2) is 0 Å². The van der Waals surface area contributed by atoms with Gasteiger partial charge in [-0.2, -0.15) is 0 Å². The van der Waals surface area contributed by atoms with Gasteiger partial charge in [0.1, 0.15) is 0 Å². The minimum absolute atomic E-state index is 0. The third-order valence-electron chi connectivity index (χ3n) is 0. The van der Waals surface area contributed by atoms with Crippen molar-refractivity contribution in [2.45, 2.75) is 0 Å². The standard InChI is InChI=1S/Dy.Gd.2Mg.Mn.Sn.Zn.6H/q;;2*+2;;;;;;4*-1. The van der Waals surface area contributed by atoms with Crippen molar-refractivity contribution < 1.29 is 120 Å². The molecule has 0 N–H and O–H groups in total. The van der Waals surface area contributed by atoms with Crippen LogP contribution in [-0.4, -0.2) is 70.0 Å². The predicted molar refractivity (Wildman–Crippen MR) is 24.5 cm³/mol. The van der Waals surface area contributed by atoms with Gasteiger partial charge in [0.2, 0.25) is 0 Å². The molecule has 0 unspecified atom stereocenters. The zero-order valence-corrected chi connectivity index (χ0v) is 19.2. The Kier molecular flexibility index (Phi) is 296. The van der Waals surface area contributed by atoms with E-state index in [0.717, 1.165) is 0 Å². The summed E-state index contributed by atoms with van der Waals surface area (Å²) in [7, 11) is 0. The number of hydrogen-bond donors (Lipinski definition) is 0. The van der Waals surface area contributed by atoms with Crippen molar-refractivity contribution in [1.29, 1.82) is 0 Å². The zero-order chi connectivity index (χ0) is 0. The van der Waals surface area contributed by atoms with Crippen LogP contribution in [0.25, 0.3) is 0 Å². The van der Waals surface area contributed by atoms with Gasteiger partial charge in [0, 0.05) is 115 Å². The average Bonchev–Trinajstić information content (AvgIpc) is 0. The summed E-state index contributed by atoms with van der Waals surface area (Å²) in [6, 6.07) is 0. The minimum Gasteiger partial charge on any atom is 0 e. The van der Waals surface area contributed by atoms with Crippen LogP contribution in [0.3, 0.4) is 0 Å². The second-order valence-electron chi connectivity index (χ2n) is 0. The van der Waals surface area contributed by atoms with Gasteiger partial charge in [0.15, 0.2) is 0 Å². The topological polar surface area (TPSA) is 0 Å². The van der Waals surface area contributed by atoms with E-state index in [4.69, 9.17) is 0 Å². The van der Waals surface area contributed by atoms with Crippen LogP contribution in [0.15, 0.2) is 0 Å². The van der Waals surface area contributed by atoms with E-state index in [-0.39, 0.29) is 190 Å². The summed E-state index contributed by atoms with van der Waals surface area (Å²) in [5.74, 6) is 0. The molecule has 0 aliphatic heterocycles. The van der Waals surface area contributed by atoms with E-state index in [2.05, 4.69) is 0 Å². The van der Waals surface area contributed by atoms with Crippen LogP contribution in [0.1, 0.15) is 5.71 Å². The molecule has 0 aromatic carbocycles. The maximum atomic E-state index is 0. The maximum absolute atomic E-state index is 0. The molecule has 7 heteroatoms. The summed E-state index contributed by atoms with van der Waals surface area (Å²) < 4.78 is 0. The molecule has 0 atom stereocenters. The molecule has 0 rings (SSSR count). The first-order chi connectivity index (χ1) is 0. The zero-order valence-electron chi connectivity index (χ0n) is 7.88. The first-order valence-corrected chi connectivity index (χ1v) is 0. The van der Waals surface area contributed by atoms with E-state index in [1.807, 2.05) is 0 Å². The SMILES string of the molecule is [Dy].[Gd].[H-].[H-].[H-].[H-].[Mg+2].[Mg+2].[Mn].[SnH2].[Zn]. The second-order valence-corrected chi connectivity index (χ2v) is 0. The molecule has 0 fully saturated rings. The number of hydrogen-bond acceptors (Lipinski definition) is 0. The number of rotatable bonds is 0. The summed E-state index contributed by atoms with van der Waals surface area (Å²) in [5, 5.41) is 0. The Labute approximate surface area is 185 Å². The van der Waals surface area contributed by atoms with E-state index in [1.54, 1.807) is 0 Å². The quantitative estimate of drug-likeness (QED) is 0.301. The van der Waals surface area contributed by atoms with Gasteiger partial charge >= 0.3 is 70.0 Å². The van der Waals surface area contributed by atoms with Gasteiger partial charge < -0.3 is 5.71 Å². The molecule has 0 aliphatic rings.